The van der Waals surface area contributed by atoms with E-state index in [1.807, 2.05) is 24.3 Å². The van der Waals surface area contributed by atoms with Crippen molar-refractivity contribution in [2.75, 3.05) is 6.61 Å². The van der Waals surface area contributed by atoms with Gasteiger partial charge in [-0.2, -0.15) is 4.39 Å². The maximum absolute atomic E-state index is 14.8. The van der Waals surface area contributed by atoms with Gasteiger partial charge in [0.1, 0.15) is 0 Å². The molecule has 0 radical (unpaired) electrons. The number of rotatable bonds is 16. The molecule has 1 aliphatic rings. The zero-order valence-corrected chi connectivity index (χ0v) is 22.5. The maximum Gasteiger partial charge on any atom is 0.201 e. The number of halogens is 2. The van der Waals surface area contributed by atoms with E-state index in [1.54, 1.807) is 12.1 Å². The molecule has 0 N–H and O–H groups in total. The third kappa shape index (κ3) is 9.18. The van der Waals surface area contributed by atoms with Gasteiger partial charge >= 0.3 is 0 Å². The molecular weight excluding hydrogens is 454 g/mol. The summed E-state index contributed by atoms with van der Waals surface area (Å²) in [6.45, 7) is 5.42. The molecule has 1 aliphatic carbocycles. The van der Waals surface area contributed by atoms with E-state index in [2.05, 4.69) is 13.8 Å². The average Bonchev–Trinajstić information content (AvgIpc) is 2.90. The Bertz CT molecular complexity index is 872. The fraction of sp³-hybridized carbons (Fsp3) is 0.625. The molecule has 0 heterocycles. The molecule has 0 spiro atoms. The van der Waals surface area contributed by atoms with Crippen LogP contribution in [-0.2, 0) is 11.3 Å². The second-order valence-corrected chi connectivity index (χ2v) is 10.5. The maximum atomic E-state index is 14.8. The van der Waals surface area contributed by atoms with E-state index in [-0.39, 0.29) is 11.3 Å². The first-order valence-electron chi connectivity index (χ1n) is 14.4. The third-order valence-electron chi connectivity index (χ3n) is 7.56. The average molecular weight is 501 g/mol. The number of hydrogen-bond donors (Lipinski definition) is 0. The molecule has 0 aromatic heterocycles. The van der Waals surface area contributed by atoms with Crippen molar-refractivity contribution >= 4 is 0 Å². The van der Waals surface area contributed by atoms with Crippen LogP contribution in [0.1, 0.15) is 109 Å². The highest BCUT2D eigenvalue weighted by atomic mass is 19.2. The molecule has 0 amide bonds. The van der Waals surface area contributed by atoms with Crippen LogP contribution in [0.4, 0.5) is 8.78 Å². The molecule has 0 atom stereocenters. The molecule has 200 valence electrons. The molecule has 0 bridgehead atoms. The van der Waals surface area contributed by atoms with Crippen molar-refractivity contribution in [3.8, 4) is 16.9 Å². The Kier molecular flexibility index (Phi) is 12.7. The molecular formula is C32H46F2O2. The van der Waals surface area contributed by atoms with Gasteiger partial charge in [0, 0.05) is 5.56 Å². The van der Waals surface area contributed by atoms with Gasteiger partial charge in [-0.25, -0.2) is 4.39 Å². The van der Waals surface area contributed by atoms with E-state index in [9.17, 15) is 8.78 Å². The van der Waals surface area contributed by atoms with Crippen LogP contribution in [0, 0.1) is 17.6 Å². The predicted molar refractivity (Wildman–Crippen MR) is 145 cm³/mol. The zero-order valence-electron chi connectivity index (χ0n) is 22.5. The summed E-state index contributed by atoms with van der Waals surface area (Å²) in [7, 11) is 0. The SMILES string of the molecule is CCCCCCCCOc1ccc(-c2ccc(COC3CCC(CCCCC)CC3)cc2)c(F)c1F. The lowest BCUT2D eigenvalue weighted by atomic mass is 9.84. The number of ether oxygens (including phenoxy) is 2. The number of unbranched alkanes of at least 4 members (excludes halogenated alkanes) is 7. The summed E-state index contributed by atoms with van der Waals surface area (Å²) in [5.74, 6) is -0.889. The highest BCUT2D eigenvalue weighted by molar-refractivity contribution is 5.65. The van der Waals surface area contributed by atoms with Gasteiger partial charge in [0.05, 0.1) is 19.3 Å². The molecule has 0 aliphatic heterocycles. The number of hydrogen-bond acceptors (Lipinski definition) is 2. The largest absolute Gasteiger partial charge is 0.490 e. The van der Waals surface area contributed by atoms with Crippen molar-refractivity contribution in [3.63, 3.8) is 0 Å². The van der Waals surface area contributed by atoms with E-state index in [1.165, 1.54) is 57.8 Å². The Balaban J connectivity index is 1.44. The van der Waals surface area contributed by atoms with Crippen LogP contribution in [0.15, 0.2) is 36.4 Å². The summed E-state index contributed by atoms with van der Waals surface area (Å²) in [6.07, 6.45) is 17.3. The van der Waals surface area contributed by atoms with E-state index >= 15 is 0 Å². The van der Waals surface area contributed by atoms with Gasteiger partial charge < -0.3 is 9.47 Å². The van der Waals surface area contributed by atoms with Crippen molar-refractivity contribution in [2.45, 2.75) is 116 Å². The fourth-order valence-electron chi connectivity index (χ4n) is 5.20. The summed E-state index contributed by atoms with van der Waals surface area (Å²) in [5, 5.41) is 0. The van der Waals surface area contributed by atoms with Gasteiger partial charge in [-0.15, -0.1) is 0 Å². The Morgan fingerprint density at radius 2 is 1.39 bits per heavy atom. The van der Waals surface area contributed by atoms with Crippen molar-refractivity contribution in [3.05, 3.63) is 53.6 Å². The van der Waals surface area contributed by atoms with Crippen LogP contribution in [0.5, 0.6) is 5.75 Å². The highest BCUT2D eigenvalue weighted by Crippen LogP contribution is 2.32. The first-order chi connectivity index (χ1) is 17.6. The van der Waals surface area contributed by atoms with Crippen LogP contribution in [0.2, 0.25) is 0 Å². The molecule has 2 nitrogen and oxygen atoms in total. The number of benzene rings is 2. The molecule has 1 fully saturated rings. The monoisotopic (exact) mass is 500 g/mol. The fourth-order valence-corrected chi connectivity index (χ4v) is 5.20. The summed E-state index contributed by atoms with van der Waals surface area (Å²) in [4.78, 5) is 0. The van der Waals surface area contributed by atoms with Gasteiger partial charge in [0.25, 0.3) is 0 Å². The third-order valence-corrected chi connectivity index (χ3v) is 7.56. The van der Waals surface area contributed by atoms with Crippen molar-refractivity contribution in [2.24, 2.45) is 5.92 Å². The first kappa shape index (κ1) is 28.6. The Hall–Kier alpha value is -1.94. The lowest BCUT2D eigenvalue weighted by Crippen LogP contribution is -2.21. The minimum Gasteiger partial charge on any atom is -0.490 e. The van der Waals surface area contributed by atoms with E-state index in [0.29, 0.717) is 24.9 Å². The molecule has 0 unspecified atom stereocenters. The van der Waals surface area contributed by atoms with E-state index in [4.69, 9.17) is 9.47 Å². The standard InChI is InChI=1S/C32H46F2O2/c1-3-5-7-8-9-11-23-35-30-22-21-29(31(33)32(30)34)27-17-13-26(14-18-27)24-36-28-19-15-25(16-20-28)12-10-6-4-2/h13-14,17-18,21-22,25,28H,3-12,15-16,19-20,23-24H2,1-2H3. The molecule has 3 rings (SSSR count). The topological polar surface area (TPSA) is 18.5 Å². The zero-order chi connectivity index (χ0) is 25.6. The second kappa shape index (κ2) is 16.0. The van der Waals surface area contributed by atoms with Crippen LogP contribution in [0.3, 0.4) is 0 Å². The Labute approximate surface area is 217 Å². The molecule has 4 heteroatoms. The summed E-state index contributed by atoms with van der Waals surface area (Å²) >= 11 is 0. The van der Waals surface area contributed by atoms with Crippen LogP contribution in [0.25, 0.3) is 11.1 Å². The highest BCUT2D eigenvalue weighted by Gasteiger charge is 2.21. The van der Waals surface area contributed by atoms with E-state index < -0.39 is 11.6 Å². The summed E-state index contributed by atoms with van der Waals surface area (Å²) in [6, 6.07) is 10.7. The second-order valence-electron chi connectivity index (χ2n) is 10.5. The summed E-state index contributed by atoms with van der Waals surface area (Å²) in [5.41, 5.74) is 1.97. The van der Waals surface area contributed by atoms with Gasteiger partial charge in [-0.1, -0.05) is 95.9 Å². The smallest absolute Gasteiger partial charge is 0.201 e. The molecule has 2 aromatic rings. The minimum atomic E-state index is -0.906. The van der Waals surface area contributed by atoms with Crippen LogP contribution >= 0.6 is 0 Å². The lowest BCUT2D eigenvalue weighted by molar-refractivity contribution is 0.00616. The van der Waals surface area contributed by atoms with E-state index in [0.717, 1.165) is 43.6 Å². The van der Waals surface area contributed by atoms with Gasteiger partial charge in [0.2, 0.25) is 5.82 Å². The Morgan fingerprint density at radius 3 is 2.11 bits per heavy atom. The van der Waals surface area contributed by atoms with Crippen molar-refractivity contribution in [1.29, 1.82) is 0 Å². The lowest BCUT2D eigenvalue weighted by Gasteiger charge is -2.28. The van der Waals surface area contributed by atoms with Gasteiger partial charge in [0.15, 0.2) is 11.6 Å². The molecule has 2 aromatic carbocycles. The summed E-state index contributed by atoms with van der Waals surface area (Å²) < 4.78 is 41.1. The molecule has 1 saturated carbocycles. The quantitative estimate of drug-likeness (QED) is 0.213. The van der Waals surface area contributed by atoms with Crippen molar-refractivity contribution in [1.82, 2.24) is 0 Å². The first-order valence-corrected chi connectivity index (χ1v) is 14.4. The molecule has 0 saturated heterocycles. The predicted octanol–water partition coefficient (Wildman–Crippen LogP) is 10.0. The van der Waals surface area contributed by atoms with Gasteiger partial charge in [-0.05, 0) is 61.3 Å². The molecule has 36 heavy (non-hydrogen) atoms. The normalized spacial score (nSPS) is 17.9. The Morgan fingerprint density at radius 1 is 0.722 bits per heavy atom. The van der Waals surface area contributed by atoms with Crippen LogP contribution < -0.4 is 4.74 Å². The van der Waals surface area contributed by atoms with Crippen LogP contribution in [-0.4, -0.2) is 12.7 Å². The van der Waals surface area contributed by atoms with Gasteiger partial charge in [-0.3, -0.25) is 0 Å². The minimum absolute atomic E-state index is 0.00471. The van der Waals surface area contributed by atoms with Crippen molar-refractivity contribution < 1.29 is 18.3 Å².